The summed E-state index contributed by atoms with van der Waals surface area (Å²) in [4.78, 5) is 0.248. The predicted octanol–water partition coefficient (Wildman–Crippen LogP) is 3.21. The van der Waals surface area contributed by atoms with Gasteiger partial charge < -0.3 is 5.73 Å². The molecule has 0 aliphatic rings. The minimum absolute atomic E-state index is 0. The quantitative estimate of drug-likeness (QED) is 0.836. The second kappa shape index (κ2) is 8.45. The highest BCUT2D eigenvalue weighted by atomic mass is 35.5. The molecule has 0 aliphatic heterocycles. The Balaban J connectivity index is 0.00000264. The zero-order valence-electron chi connectivity index (χ0n) is 13.3. The summed E-state index contributed by atoms with van der Waals surface area (Å²) in [5, 5.41) is 0. The van der Waals surface area contributed by atoms with Crippen LogP contribution in [0.1, 0.15) is 36.9 Å². The number of halogens is 1. The Morgan fingerprint density at radius 3 is 2.00 bits per heavy atom. The van der Waals surface area contributed by atoms with Crippen molar-refractivity contribution in [1.82, 2.24) is 4.72 Å². The molecule has 0 aromatic heterocycles. The Morgan fingerprint density at radius 2 is 1.48 bits per heavy atom. The highest BCUT2D eigenvalue weighted by Crippen LogP contribution is 2.18. The van der Waals surface area contributed by atoms with E-state index in [0.29, 0.717) is 5.92 Å². The van der Waals surface area contributed by atoms with Crippen LogP contribution in [-0.4, -0.2) is 15.0 Å². The molecule has 2 aromatic carbocycles. The van der Waals surface area contributed by atoms with Crippen molar-refractivity contribution in [2.24, 2.45) is 5.73 Å². The lowest BCUT2D eigenvalue weighted by molar-refractivity contribution is 0.572. The molecule has 0 fully saturated rings. The molecule has 0 heterocycles. The lowest BCUT2D eigenvalue weighted by atomic mass is 9.99. The van der Waals surface area contributed by atoms with Crippen LogP contribution in [0, 0.1) is 0 Å². The summed E-state index contributed by atoms with van der Waals surface area (Å²) in [6.07, 6.45) is 0. The smallest absolute Gasteiger partial charge is 0.240 e. The molecule has 0 saturated heterocycles. The van der Waals surface area contributed by atoms with Crippen LogP contribution in [0.5, 0.6) is 0 Å². The second-order valence-corrected chi connectivity index (χ2v) is 7.36. The summed E-state index contributed by atoms with van der Waals surface area (Å²) in [6, 6.07) is 15.9. The van der Waals surface area contributed by atoms with E-state index in [1.165, 1.54) is 5.56 Å². The molecule has 0 saturated carbocycles. The Hall–Kier alpha value is -1.40. The first-order valence-corrected chi connectivity index (χ1v) is 8.78. The van der Waals surface area contributed by atoms with Crippen molar-refractivity contribution in [3.8, 4) is 0 Å². The minimum atomic E-state index is -3.51. The number of rotatable bonds is 6. The fourth-order valence-corrected chi connectivity index (χ4v) is 3.21. The van der Waals surface area contributed by atoms with Crippen molar-refractivity contribution in [2.45, 2.75) is 30.7 Å². The van der Waals surface area contributed by atoms with Gasteiger partial charge in [0.15, 0.2) is 0 Å². The van der Waals surface area contributed by atoms with Crippen LogP contribution in [0.4, 0.5) is 0 Å². The zero-order valence-corrected chi connectivity index (χ0v) is 14.9. The van der Waals surface area contributed by atoms with Gasteiger partial charge in [0, 0.05) is 12.6 Å². The first-order chi connectivity index (χ1) is 10.4. The topological polar surface area (TPSA) is 72.2 Å². The van der Waals surface area contributed by atoms with Gasteiger partial charge in [0.25, 0.3) is 0 Å². The molecule has 0 spiro atoms. The maximum absolute atomic E-state index is 12.1. The van der Waals surface area contributed by atoms with Gasteiger partial charge in [0.05, 0.1) is 4.90 Å². The Kier molecular flexibility index (Phi) is 7.22. The maximum Gasteiger partial charge on any atom is 0.240 e. The average Bonchev–Trinajstić information content (AvgIpc) is 2.53. The summed E-state index contributed by atoms with van der Waals surface area (Å²) >= 11 is 0. The van der Waals surface area contributed by atoms with Crippen molar-refractivity contribution >= 4 is 22.4 Å². The van der Waals surface area contributed by atoms with E-state index in [9.17, 15) is 8.42 Å². The predicted molar refractivity (Wildman–Crippen MR) is 96.3 cm³/mol. The van der Waals surface area contributed by atoms with Crippen LogP contribution in [0.15, 0.2) is 59.5 Å². The number of benzene rings is 2. The zero-order chi connectivity index (χ0) is 16.2. The first kappa shape index (κ1) is 19.6. The third-order valence-electron chi connectivity index (χ3n) is 3.58. The van der Waals surface area contributed by atoms with Gasteiger partial charge in [-0.25, -0.2) is 13.1 Å². The van der Waals surface area contributed by atoms with Gasteiger partial charge in [-0.1, -0.05) is 56.3 Å². The van der Waals surface area contributed by atoms with Crippen molar-refractivity contribution in [1.29, 1.82) is 0 Å². The van der Waals surface area contributed by atoms with E-state index >= 15 is 0 Å². The summed E-state index contributed by atoms with van der Waals surface area (Å²) in [5.41, 5.74) is 8.23. The number of sulfonamides is 1. The van der Waals surface area contributed by atoms with Crippen molar-refractivity contribution in [3.05, 3.63) is 65.7 Å². The van der Waals surface area contributed by atoms with Crippen LogP contribution in [0.2, 0.25) is 0 Å². The number of hydrogen-bond acceptors (Lipinski definition) is 3. The van der Waals surface area contributed by atoms with Crippen molar-refractivity contribution in [2.75, 3.05) is 6.54 Å². The third-order valence-corrected chi connectivity index (χ3v) is 5.02. The van der Waals surface area contributed by atoms with Gasteiger partial charge in [0.2, 0.25) is 10.0 Å². The molecular weight excluding hydrogens is 332 g/mol. The number of hydrogen-bond donors (Lipinski definition) is 2. The lowest BCUT2D eigenvalue weighted by Crippen LogP contribution is -2.31. The molecule has 6 heteroatoms. The fraction of sp³-hybridized carbons (Fsp3) is 0.294. The van der Waals surface area contributed by atoms with Gasteiger partial charge >= 0.3 is 0 Å². The minimum Gasteiger partial charge on any atom is -0.323 e. The number of nitrogens with two attached hydrogens (primary N) is 1. The van der Waals surface area contributed by atoms with E-state index in [2.05, 4.69) is 18.6 Å². The highest BCUT2D eigenvalue weighted by molar-refractivity contribution is 7.89. The monoisotopic (exact) mass is 354 g/mol. The highest BCUT2D eigenvalue weighted by Gasteiger charge is 2.15. The maximum atomic E-state index is 12.1. The van der Waals surface area contributed by atoms with E-state index in [-0.39, 0.29) is 29.9 Å². The number of nitrogens with one attached hydrogen (secondary N) is 1. The Morgan fingerprint density at radius 1 is 0.957 bits per heavy atom. The molecule has 2 rings (SSSR count). The van der Waals surface area contributed by atoms with E-state index < -0.39 is 10.0 Å². The van der Waals surface area contributed by atoms with E-state index in [0.717, 1.165) is 5.56 Å². The van der Waals surface area contributed by atoms with Crippen molar-refractivity contribution in [3.63, 3.8) is 0 Å². The van der Waals surface area contributed by atoms with Gasteiger partial charge in [-0.05, 0) is 29.2 Å². The Bertz CT molecular complexity index is 701. The molecule has 0 radical (unpaired) electrons. The summed E-state index contributed by atoms with van der Waals surface area (Å²) in [5.74, 6) is 0.460. The molecule has 0 amide bonds. The van der Waals surface area contributed by atoms with Crippen molar-refractivity contribution < 1.29 is 8.42 Å². The molecule has 23 heavy (non-hydrogen) atoms. The molecule has 0 bridgehead atoms. The van der Waals surface area contributed by atoms with Crippen LogP contribution in [-0.2, 0) is 10.0 Å². The van der Waals surface area contributed by atoms with E-state index in [4.69, 9.17) is 5.73 Å². The molecular formula is C17H23ClN2O2S. The van der Waals surface area contributed by atoms with Crippen LogP contribution >= 0.6 is 12.4 Å². The van der Waals surface area contributed by atoms with Gasteiger partial charge in [-0.2, -0.15) is 0 Å². The normalized spacial score (nSPS) is 12.7. The molecule has 1 unspecified atom stereocenters. The van der Waals surface area contributed by atoms with E-state index in [1.807, 2.05) is 24.3 Å². The second-order valence-electron chi connectivity index (χ2n) is 5.59. The van der Waals surface area contributed by atoms with Gasteiger partial charge in [0.1, 0.15) is 0 Å². The summed E-state index contributed by atoms with van der Waals surface area (Å²) in [7, 11) is -3.51. The molecule has 1 atom stereocenters. The summed E-state index contributed by atoms with van der Waals surface area (Å²) in [6.45, 7) is 4.42. The third kappa shape index (κ3) is 5.32. The average molecular weight is 355 g/mol. The van der Waals surface area contributed by atoms with Gasteiger partial charge in [-0.15, -0.1) is 12.4 Å². The summed E-state index contributed by atoms with van der Waals surface area (Å²) < 4.78 is 26.8. The van der Waals surface area contributed by atoms with Crippen LogP contribution in [0.3, 0.4) is 0 Å². The Labute approximate surface area is 144 Å². The van der Waals surface area contributed by atoms with E-state index in [1.54, 1.807) is 30.3 Å². The first-order valence-electron chi connectivity index (χ1n) is 7.30. The lowest BCUT2D eigenvalue weighted by Gasteiger charge is -2.15. The SMILES string of the molecule is CC(C)c1ccc(C(N)CNS(=O)(=O)c2ccccc2)cc1.Cl. The van der Waals surface area contributed by atoms with Gasteiger partial charge in [-0.3, -0.25) is 0 Å². The molecule has 126 valence electrons. The van der Waals surface area contributed by atoms with Crippen LogP contribution < -0.4 is 10.5 Å². The standard InChI is InChI=1S/C17H22N2O2S.ClH/c1-13(2)14-8-10-15(11-9-14)17(18)12-19-22(20,21)16-6-4-3-5-7-16;/h3-11,13,17,19H,12,18H2,1-2H3;1H. The molecule has 3 N–H and O–H groups in total. The van der Waals surface area contributed by atoms with Crippen LogP contribution in [0.25, 0.3) is 0 Å². The molecule has 2 aromatic rings. The fourth-order valence-electron chi connectivity index (χ4n) is 2.13. The molecule has 4 nitrogen and oxygen atoms in total. The molecule has 0 aliphatic carbocycles. The largest absolute Gasteiger partial charge is 0.323 e.